The van der Waals surface area contributed by atoms with Crippen molar-refractivity contribution in [2.75, 3.05) is 0 Å². The van der Waals surface area contributed by atoms with Crippen molar-refractivity contribution in [3.63, 3.8) is 0 Å². The highest BCUT2D eigenvalue weighted by Gasteiger charge is 2.12. The Balaban J connectivity index is 2.28. The summed E-state index contributed by atoms with van der Waals surface area (Å²) < 4.78 is 18.2. The molecule has 0 bridgehead atoms. The van der Waals surface area contributed by atoms with Crippen molar-refractivity contribution in [2.24, 2.45) is 4.99 Å². The van der Waals surface area contributed by atoms with Gasteiger partial charge in [-0.2, -0.15) is 0 Å². The van der Waals surface area contributed by atoms with E-state index in [1.165, 1.54) is 6.07 Å². The predicted octanol–water partition coefficient (Wildman–Crippen LogP) is 2.99. The summed E-state index contributed by atoms with van der Waals surface area (Å²) in [7, 11) is 0. The number of furan rings is 1. The molecule has 0 amide bonds. The first kappa shape index (κ1) is 13.3. The Labute approximate surface area is 110 Å². The van der Waals surface area contributed by atoms with E-state index in [-0.39, 0.29) is 17.1 Å². The van der Waals surface area contributed by atoms with Crippen molar-refractivity contribution in [3.8, 4) is 0 Å². The van der Waals surface area contributed by atoms with Crippen LogP contribution in [0.25, 0.3) is 0 Å². The highest BCUT2D eigenvalue weighted by molar-refractivity contribution is 5.79. The Morgan fingerprint density at radius 1 is 1.15 bits per heavy atom. The molecule has 8 nitrogen and oxygen atoms in total. The number of aliphatic imine (C=N–C) groups is 1. The summed E-state index contributed by atoms with van der Waals surface area (Å²) in [5.41, 5.74) is -0.581. The fraction of sp³-hybridized carbons (Fsp3) is 0. The third kappa shape index (κ3) is 2.83. The van der Waals surface area contributed by atoms with E-state index in [0.717, 1.165) is 30.5 Å². The van der Waals surface area contributed by atoms with Gasteiger partial charge in [-0.05, 0) is 12.1 Å². The third-order valence-electron chi connectivity index (χ3n) is 2.26. The number of non-ortho nitro benzene ring substituents is 1. The van der Waals surface area contributed by atoms with Crippen LogP contribution in [0.3, 0.4) is 0 Å². The van der Waals surface area contributed by atoms with Gasteiger partial charge in [-0.15, -0.1) is 0 Å². The summed E-state index contributed by atoms with van der Waals surface area (Å²) in [5.74, 6) is -1.21. The molecule has 102 valence electrons. The fourth-order valence-corrected chi connectivity index (χ4v) is 1.36. The minimum absolute atomic E-state index is 0.0302. The zero-order valence-corrected chi connectivity index (χ0v) is 9.72. The Hall–Kier alpha value is -3.10. The summed E-state index contributed by atoms with van der Waals surface area (Å²) in [6.07, 6.45) is 1.04. The van der Waals surface area contributed by atoms with E-state index in [1.807, 2.05) is 0 Å². The summed E-state index contributed by atoms with van der Waals surface area (Å²) in [6.45, 7) is 0. The van der Waals surface area contributed by atoms with Crippen LogP contribution in [0.15, 0.2) is 39.7 Å². The molecule has 0 aliphatic carbocycles. The monoisotopic (exact) mass is 279 g/mol. The molecule has 1 aromatic heterocycles. The summed E-state index contributed by atoms with van der Waals surface area (Å²) in [5, 5.41) is 20.9. The number of nitro benzene ring substituents is 1. The van der Waals surface area contributed by atoms with Crippen molar-refractivity contribution < 1.29 is 18.7 Å². The van der Waals surface area contributed by atoms with Crippen molar-refractivity contribution >= 4 is 23.5 Å². The third-order valence-corrected chi connectivity index (χ3v) is 2.26. The molecule has 0 fully saturated rings. The van der Waals surface area contributed by atoms with Gasteiger partial charge in [0.05, 0.1) is 17.2 Å². The Morgan fingerprint density at radius 2 is 1.90 bits per heavy atom. The predicted molar refractivity (Wildman–Crippen MR) is 65.7 cm³/mol. The summed E-state index contributed by atoms with van der Waals surface area (Å²) in [4.78, 5) is 23.2. The maximum atomic E-state index is 13.4. The maximum Gasteiger partial charge on any atom is 0.433 e. The molecular formula is C11H6FN3O5. The zero-order valence-electron chi connectivity index (χ0n) is 9.72. The van der Waals surface area contributed by atoms with Gasteiger partial charge < -0.3 is 4.42 Å². The molecule has 0 saturated heterocycles. The number of nitrogens with zero attached hydrogens (tertiary/aromatic N) is 3. The number of rotatable bonds is 4. The van der Waals surface area contributed by atoms with Gasteiger partial charge in [-0.1, -0.05) is 0 Å². The van der Waals surface area contributed by atoms with Gasteiger partial charge in [0.1, 0.15) is 16.4 Å². The van der Waals surface area contributed by atoms with E-state index in [4.69, 9.17) is 4.42 Å². The molecule has 0 aliphatic rings. The van der Waals surface area contributed by atoms with E-state index < -0.39 is 21.5 Å². The average Bonchev–Trinajstić information content (AvgIpc) is 2.86. The van der Waals surface area contributed by atoms with Gasteiger partial charge >= 0.3 is 5.88 Å². The molecule has 9 heteroatoms. The van der Waals surface area contributed by atoms with Crippen molar-refractivity contribution in [2.45, 2.75) is 0 Å². The van der Waals surface area contributed by atoms with Crippen LogP contribution in [0.2, 0.25) is 0 Å². The van der Waals surface area contributed by atoms with Crippen molar-refractivity contribution in [3.05, 3.63) is 62.1 Å². The quantitative estimate of drug-likeness (QED) is 0.485. The lowest BCUT2D eigenvalue weighted by Gasteiger charge is -1.96. The Bertz CT molecular complexity index is 710. The average molecular weight is 279 g/mol. The van der Waals surface area contributed by atoms with Gasteiger partial charge in [-0.3, -0.25) is 20.2 Å². The van der Waals surface area contributed by atoms with Crippen LogP contribution in [0, 0.1) is 26.0 Å². The summed E-state index contributed by atoms with van der Waals surface area (Å²) in [6, 6.07) is 5.26. The van der Waals surface area contributed by atoms with Crippen molar-refractivity contribution in [1.82, 2.24) is 0 Å². The molecule has 0 unspecified atom stereocenters. The molecule has 0 N–H and O–H groups in total. The van der Waals surface area contributed by atoms with Gasteiger partial charge in [0.15, 0.2) is 5.76 Å². The molecule has 1 aromatic carbocycles. The Kier molecular flexibility index (Phi) is 3.51. The highest BCUT2D eigenvalue weighted by atomic mass is 19.1. The van der Waals surface area contributed by atoms with Crippen LogP contribution in [-0.2, 0) is 0 Å². The highest BCUT2D eigenvalue weighted by Crippen LogP contribution is 2.24. The van der Waals surface area contributed by atoms with E-state index in [0.29, 0.717) is 0 Å². The second-order valence-corrected chi connectivity index (χ2v) is 3.58. The van der Waals surface area contributed by atoms with E-state index in [9.17, 15) is 24.6 Å². The van der Waals surface area contributed by atoms with Gasteiger partial charge in [0.2, 0.25) is 0 Å². The first-order chi connectivity index (χ1) is 9.47. The number of hydrogen-bond acceptors (Lipinski definition) is 6. The summed E-state index contributed by atoms with van der Waals surface area (Å²) >= 11 is 0. The molecule has 0 atom stereocenters. The smallest absolute Gasteiger partial charge is 0.400 e. The Morgan fingerprint density at radius 3 is 2.50 bits per heavy atom. The number of benzene rings is 1. The van der Waals surface area contributed by atoms with E-state index in [1.54, 1.807) is 0 Å². The second kappa shape index (κ2) is 5.26. The molecule has 2 aromatic rings. The molecule has 1 heterocycles. The lowest BCUT2D eigenvalue weighted by atomic mass is 10.3. The topological polar surface area (TPSA) is 112 Å². The number of hydrogen-bond donors (Lipinski definition) is 0. The van der Waals surface area contributed by atoms with Crippen molar-refractivity contribution in [1.29, 1.82) is 0 Å². The number of halogens is 1. The molecule has 20 heavy (non-hydrogen) atoms. The molecular weight excluding hydrogens is 273 g/mol. The maximum absolute atomic E-state index is 13.4. The fourth-order valence-electron chi connectivity index (χ4n) is 1.36. The van der Waals surface area contributed by atoms with Gasteiger partial charge in [-0.25, -0.2) is 9.38 Å². The molecule has 0 radical (unpaired) electrons. The second-order valence-electron chi connectivity index (χ2n) is 3.58. The van der Waals surface area contributed by atoms with E-state index >= 15 is 0 Å². The van der Waals surface area contributed by atoms with Gasteiger partial charge in [0, 0.05) is 12.1 Å². The molecule has 0 aliphatic heterocycles. The van der Waals surface area contributed by atoms with Crippen LogP contribution in [-0.4, -0.2) is 16.1 Å². The van der Waals surface area contributed by atoms with E-state index in [2.05, 4.69) is 4.99 Å². The zero-order chi connectivity index (χ0) is 14.7. The normalized spacial score (nSPS) is 10.8. The van der Waals surface area contributed by atoms with Gasteiger partial charge in [0.25, 0.3) is 5.69 Å². The SMILES string of the molecule is O=[N+]([O-])c1ccc(F)c(N=Cc2ccc([N+](=O)[O-])o2)c1. The minimum atomic E-state index is -0.757. The van der Waals surface area contributed by atoms with Crippen LogP contribution >= 0.6 is 0 Å². The molecule has 2 rings (SSSR count). The first-order valence-corrected chi connectivity index (χ1v) is 5.19. The molecule has 0 spiro atoms. The van der Waals surface area contributed by atoms with Crippen LogP contribution < -0.4 is 0 Å². The van der Waals surface area contributed by atoms with Crippen LogP contribution in [0.4, 0.5) is 21.6 Å². The minimum Gasteiger partial charge on any atom is -0.400 e. The lowest BCUT2D eigenvalue weighted by molar-refractivity contribution is -0.402. The van der Waals surface area contributed by atoms with Crippen LogP contribution in [0.5, 0.6) is 0 Å². The first-order valence-electron chi connectivity index (χ1n) is 5.19. The standard InChI is InChI=1S/C11H6FN3O5/c12-9-3-1-7(14(16)17)5-10(9)13-6-8-2-4-11(20-8)15(18)19/h1-6H. The van der Waals surface area contributed by atoms with Crippen LogP contribution in [0.1, 0.15) is 5.76 Å². The largest absolute Gasteiger partial charge is 0.433 e. The molecule has 0 saturated carbocycles. The number of nitro groups is 2. The lowest BCUT2D eigenvalue weighted by Crippen LogP contribution is -1.88.